The number of carbonyl (C=O) groups is 1. The van der Waals surface area contributed by atoms with Gasteiger partial charge in [0.1, 0.15) is 0 Å². The standard InChI is InChI=1S/C17H26N2O.ClH/c1-4-12(2)16(18)17(20)19-11-15(10-13(19)3)14-8-6-5-7-9-14;/h5-9,12-13,15-16H,4,10-11,18H2,1-3H3;1H. The van der Waals surface area contributed by atoms with Crippen LogP contribution in [0, 0.1) is 5.92 Å². The molecule has 0 radical (unpaired) electrons. The first-order chi connectivity index (χ1) is 9.54. The molecule has 3 nitrogen and oxygen atoms in total. The first kappa shape index (κ1) is 18.0. The summed E-state index contributed by atoms with van der Waals surface area (Å²) >= 11 is 0. The Morgan fingerprint density at radius 2 is 2.00 bits per heavy atom. The van der Waals surface area contributed by atoms with Crippen molar-refractivity contribution in [3.8, 4) is 0 Å². The molecule has 1 heterocycles. The number of rotatable bonds is 4. The Kier molecular flexibility index (Phi) is 6.69. The van der Waals surface area contributed by atoms with Gasteiger partial charge in [0.15, 0.2) is 0 Å². The summed E-state index contributed by atoms with van der Waals surface area (Å²) in [6.45, 7) is 7.06. The third-order valence-electron chi connectivity index (χ3n) is 4.67. The van der Waals surface area contributed by atoms with Crippen molar-refractivity contribution in [1.82, 2.24) is 4.90 Å². The van der Waals surface area contributed by atoms with Crippen molar-refractivity contribution >= 4 is 18.3 Å². The van der Waals surface area contributed by atoms with E-state index in [1.807, 2.05) is 11.0 Å². The lowest BCUT2D eigenvalue weighted by Crippen LogP contribution is -2.48. The first-order valence-electron chi connectivity index (χ1n) is 7.65. The zero-order valence-corrected chi connectivity index (χ0v) is 14.0. The van der Waals surface area contributed by atoms with Crippen molar-refractivity contribution < 1.29 is 4.79 Å². The van der Waals surface area contributed by atoms with Crippen molar-refractivity contribution in [2.45, 2.75) is 51.6 Å². The normalized spacial score (nSPS) is 24.3. The molecule has 0 bridgehead atoms. The highest BCUT2D eigenvalue weighted by Gasteiger charge is 2.36. The maximum atomic E-state index is 12.5. The number of halogens is 1. The molecule has 1 amide bonds. The number of carbonyl (C=O) groups excluding carboxylic acids is 1. The Morgan fingerprint density at radius 1 is 1.38 bits per heavy atom. The number of nitrogens with two attached hydrogens (primary N) is 1. The fraction of sp³-hybridized carbons (Fsp3) is 0.588. The Morgan fingerprint density at radius 3 is 2.57 bits per heavy atom. The lowest BCUT2D eigenvalue weighted by Gasteiger charge is -2.27. The summed E-state index contributed by atoms with van der Waals surface area (Å²) in [6.07, 6.45) is 1.97. The number of likely N-dealkylation sites (tertiary alicyclic amines) is 1. The van der Waals surface area contributed by atoms with Crippen LogP contribution in [0.15, 0.2) is 30.3 Å². The molecule has 1 aliphatic heterocycles. The second kappa shape index (κ2) is 7.81. The van der Waals surface area contributed by atoms with E-state index in [1.165, 1.54) is 5.56 Å². The molecule has 2 rings (SSSR count). The number of hydrogen-bond donors (Lipinski definition) is 1. The zero-order valence-electron chi connectivity index (χ0n) is 13.2. The zero-order chi connectivity index (χ0) is 14.7. The summed E-state index contributed by atoms with van der Waals surface area (Å²) in [5.41, 5.74) is 7.43. The van der Waals surface area contributed by atoms with Gasteiger partial charge in [-0.1, -0.05) is 50.6 Å². The van der Waals surface area contributed by atoms with E-state index in [4.69, 9.17) is 5.73 Å². The van der Waals surface area contributed by atoms with Crippen LogP contribution < -0.4 is 5.73 Å². The van der Waals surface area contributed by atoms with E-state index < -0.39 is 0 Å². The Balaban J connectivity index is 0.00000220. The fourth-order valence-corrected chi connectivity index (χ4v) is 2.99. The van der Waals surface area contributed by atoms with Crippen molar-refractivity contribution in [3.63, 3.8) is 0 Å². The number of amides is 1. The second-order valence-corrected chi connectivity index (χ2v) is 6.09. The molecule has 1 fully saturated rings. The monoisotopic (exact) mass is 310 g/mol. The quantitative estimate of drug-likeness (QED) is 0.928. The van der Waals surface area contributed by atoms with E-state index in [0.717, 1.165) is 19.4 Å². The van der Waals surface area contributed by atoms with E-state index >= 15 is 0 Å². The highest BCUT2D eigenvalue weighted by Crippen LogP contribution is 2.32. The average molecular weight is 311 g/mol. The maximum absolute atomic E-state index is 12.5. The number of hydrogen-bond acceptors (Lipinski definition) is 2. The molecule has 1 saturated heterocycles. The summed E-state index contributed by atoms with van der Waals surface area (Å²) in [5.74, 6) is 0.801. The van der Waals surface area contributed by atoms with Gasteiger partial charge in [-0.3, -0.25) is 4.79 Å². The molecule has 1 aliphatic rings. The molecule has 4 heteroatoms. The largest absolute Gasteiger partial charge is 0.338 e. The Bertz CT molecular complexity index is 451. The van der Waals surface area contributed by atoms with Gasteiger partial charge in [-0.05, 0) is 24.8 Å². The van der Waals surface area contributed by atoms with Crippen LogP contribution in [0.3, 0.4) is 0 Å². The fourth-order valence-electron chi connectivity index (χ4n) is 2.99. The average Bonchev–Trinajstić information content (AvgIpc) is 2.87. The second-order valence-electron chi connectivity index (χ2n) is 6.09. The summed E-state index contributed by atoms with van der Waals surface area (Å²) in [6, 6.07) is 10.4. The van der Waals surface area contributed by atoms with E-state index in [9.17, 15) is 4.79 Å². The molecule has 4 atom stereocenters. The highest BCUT2D eigenvalue weighted by molar-refractivity contribution is 5.85. The van der Waals surface area contributed by atoms with Crippen LogP contribution in [0.25, 0.3) is 0 Å². The van der Waals surface area contributed by atoms with E-state index in [1.54, 1.807) is 0 Å². The SMILES string of the molecule is CCC(C)C(N)C(=O)N1CC(c2ccccc2)CC1C.Cl. The molecular weight excluding hydrogens is 284 g/mol. The lowest BCUT2D eigenvalue weighted by atomic mass is 9.97. The van der Waals surface area contributed by atoms with Gasteiger partial charge in [-0.15, -0.1) is 12.4 Å². The van der Waals surface area contributed by atoms with Gasteiger partial charge in [0.2, 0.25) is 5.91 Å². The summed E-state index contributed by atoms with van der Waals surface area (Å²) in [4.78, 5) is 14.5. The van der Waals surface area contributed by atoms with Crippen LogP contribution in [-0.4, -0.2) is 29.4 Å². The summed E-state index contributed by atoms with van der Waals surface area (Å²) in [7, 11) is 0. The topological polar surface area (TPSA) is 46.3 Å². The van der Waals surface area contributed by atoms with Crippen LogP contribution in [-0.2, 0) is 4.79 Å². The van der Waals surface area contributed by atoms with Crippen LogP contribution in [0.1, 0.15) is 45.1 Å². The molecular formula is C17H27ClN2O. The van der Waals surface area contributed by atoms with Crippen LogP contribution in [0.5, 0.6) is 0 Å². The molecule has 2 N–H and O–H groups in total. The van der Waals surface area contributed by atoms with Crippen LogP contribution >= 0.6 is 12.4 Å². The Hall–Kier alpha value is -1.06. The predicted molar refractivity (Wildman–Crippen MR) is 89.7 cm³/mol. The molecule has 118 valence electrons. The van der Waals surface area contributed by atoms with Gasteiger partial charge >= 0.3 is 0 Å². The minimum Gasteiger partial charge on any atom is -0.338 e. The van der Waals surface area contributed by atoms with Crippen molar-refractivity contribution in [2.24, 2.45) is 11.7 Å². The van der Waals surface area contributed by atoms with Crippen molar-refractivity contribution in [3.05, 3.63) is 35.9 Å². The maximum Gasteiger partial charge on any atom is 0.240 e. The molecule has 1 aromatic carbocycles. The van der Waals surface area contributed by atoms with Crippen molar-refractivity contribution in [1.29, 1.82) is 0 Å². The van der Waals surface area contributed by atoms with Crippen molar-refractivity contribution in [2.75, 3.05) is 6.54 Å². The predicted octanol–water partition coefficient (Wildman–Crippen LogP) is 3.19. The molecule has 4 unspecified atom stereocenters. The van der Waals surface area contributed by atoms with E-state index in [0.29, 0.717) is 5.92 Å². The highest BCUT2D eigenvalue weighted by atomic mass is 35.5. The van der Waals surface area contributed by atoms with Crippen LogP contribution in [0.2, 0.25) is 0 Å². The van der Waals surface area contributed by atoms with Gasteiger partial charge < -0.3 is 10.6 Å². The first-order valence-corrected chi connectivity index (χ1v) is 7.65. The van der Waals surface area contributed by atoms with Gasteiger partial charge in [0.25, 0.3) is 0 Å². The summed E-state index contributed by atoms with van der Waals surface area (Å²) < 4.78 is 0. The van der Waals surface area contributed by atoms with Crippen LogP contribution in [0.4, 0.5) is 0 Å². The third-order valence-corrected chi connectivity index (χ3v) is 4.67. The smallest absolute Gasteiger partial charge is 0.240 e. The minimum atomic E-state index is -0.364. The van der Waals surface area contributed by atoms with Gasteiger partial charge in [-0.2, -0.15) is 0 Å². The molecule has 0 saturated carbocycles. The number of nitrogens with zero attached hydrogens (tertiary/aromatic N) is 1. The minimum absolute atomic E-state index is 0. The molecule has 0 aliphatic carbocycles. The molecule has 1 aromatic rings. The lowest BCUT2D eigenvalue weighted by molar-refractivity contribution is -0.134. The Labute approximate surface area is 134 Å². The molecule has 0 spiro atoms. The van der Waals surface area contributed by atoms with Gasteiger partial charge in [-0.25, -0.2) is 0 Å². The number of benzene rings is 1. The molecule has 21 heavy (non-hydrogen) atoms. The van der Waals surface area contributed by atoms with E-state index in [-0.39, 0.29) is 36.3 Å². The van der Waals surface area contributed by atoms with Gasteiger partial charge in [0, 0.05) is 18.5 Å². The summed E-state index contributed by atoms with van der Waals surface area (Å²) in [5, 5.41) is 0. The molecule has 0 aromatic heterocycles. The van der Waals surface area contributed by atoms with E-state index in [2.05, 4.69) is 45.0 Å². The third kappa shape index (κ3) is 3.98. The van der Waals surface area contributed by atoms with Gasteiger partial charge in [0.05, 0.1) is 6.04 Å².